The largest absolute Gasteiger partial charge is 0.457 e. The van der Waals surface area contributed by atoms with Gasteiger partial charge in [-0.2, -0.15) is 4.99 Å². The molecule has 81 heavy (non-hydrogen) atoms. The Balaban J connectivity index is 0.000000198. The molecule has 9 rings (SSSR count). The summed E-state index contributed by atoms with van der Waals surface area (Å²) >= 11 is 4.45. The van der Waals surface area contributed by atoms with Gasteiger partial charge in [0, 0.05) is 50.8 Å². The number of likely N-dealkylation sites (tertiary alicyclic amines) is 2. The summed E-state index contributed by atoms with van der Waals surface area (Å²) in [5.74, 6) is 4.40. The van der Waals surface area contributed by atoms with Crippen LogP contribution >= 0.6 is 12.2 Å². The summed E-state index contributed by atoms with van der Waals surface area (Å²) in [5.41, 5.74) is 11.6. The van der Waals surface area contributed by atoms with Gasteiger partial charge >= 0.3 is 0 Å². The van der Waals surface area contributed by atoms with Crippen LogP contribution in [0.3, 0.4) is 0 Å². The van der Waals surface area contributed by atoms with E-state index < -0.39 is 0 Å². The number of nitrogen functional groups attached to an aromatic ring is 1. The minimum absolute atomic E-state index is 0.0145. The van der Waals surface area contributed by atoms with Crippen LogP contribution in [0, 0.1) is 23.5 Å². The Morgan fingerprint density at radius 3 is 1.68 bits per heavy atom. The number of hydrogen-bond donors (Lipinski definition) is 5. The summed E-state index contributed by atoms with van der Waals surface area (Å²) in [6.45, 7) is 21.5. The number of rotatable bonds is 14. The minimum Gasteiger partial charge on any atom is -0.457 e. The van der Waals surface area contributed by atoms with Crippen molar-refractivity contribution in [2.45, 2.75) is 91.9 Å². The Labute approximate surface area is 480 Å². The van der Waals surface area contributed by atoms with Crippen LogP contribution in [0.4, 0.5) is 49.1 Å². The average Bonchev–Trinajstić information content (AvgIpc) is 4.03. The number of nitrogens with zero attached hydrogens (tertiary/aromatic N) is 7. The van der Waals surface area contributed by atoms with E-state index in [1.807, 2.05) is 61.1 Å². The van der Waals surface area contributed by atoms with Crippen LogP contribution in [-0.4, -0.2) is 92.6 Å². The van der Waals surface area contributed by atoms with E-state index >= 15 is 0 Å². The van der Waals surface area contributed by atoms with Gasteiger partial charge < -0.3 is 41.0 Å². The number of hydrogen-bond acceptors (Lipinski definition) is 14. The molecule has 2 aliphatic rings. The number of aryl methyl sites for hydroxylation is 1. The summed E-state index contributed by atoms with van der Waals surface area (Å²) < 4.78 is 41.6. The number of piperidine rings is 2. The van der Waals surface area contributed by atoms with E-state index in [1.165, 1.54) is 12.1 Å². The summed E-state index contributed by atoms with van der Waals surface area (Å²) in [5, 5.41) is 14.1. The molecule has 5 heterocycles. The van der Waals surface area contributed by atoms with E-state index in [2.05, 4.69) is 119 Å². The monoisotopic (exact) mass is 1120 g/mol. The van der Waals surface area contributed by atoms with Crippen LogP contribution in [-0.2, 0) is 27.5 Å². The predicted octanol–water partition coefficient (Wildman–Crippen LogP) is 13.6. The van der Waals surface area contributed by atoms with Crippen LogP contribution in [0.25, 0.3) is 11.0 Å². The molecule has 0 spiro atoms. The normalized spacial score (nSPS) is 14.3. The number of carbonyl (C=O) groups excluding carboxylic acids is 2. The van der Waals surface area contributed by atoms with Gasteiger partial charge in [-0.25, -0.2) is 23.7 Å². The fraction of sp³-hybridized carbons (Fsp3) is 0.387. The maximum atomic E-state index is 14.6. The third-order valence-electron chi connectivity index (χ3n) is 14.2. The molecular weight excluding hydrogens is 1050 g/mol. The first-order valence-electron chi connectivity index (χ1n) is 27.3. The number of benzene rings is 4. The second kappa shape index (κ2) is 27.6. The molecule has 2 amide bonds. The molecule has 0 unspecified atom stereocenters. The van der Waals surface area contributed by atoms with Crippen LogP contribution in [0.15, 0.2) is 114 Å². The minimum atomic E-state index is -0.365. The number of isothiocyanates is 1. The molecule has 0 aliphatic carbocycles. The quantitative estimate of drug-likeness (QED) is 0.0393. The van der Waals surface area contributed by atoms with Crippen LogP contribution in [0.5, 0.6) is 23.0 Å². The highest BCUT2D eigenvalue weighted by molar-refractivity contribution is 7.78. The molecule has 6 N–H and O–H groups in total. The van der Waals surface area contributed by atoms with E-state index in [1.54, 1.807) is 54.9 Å². The number of carbonyl (C=O) groups is 2. The zero-order chi connectivity index (χ0) is 58.4. The van der Waals surface area contributed by atoms with Crippen molar-refractivity contribution in [1.82, 2.24) is 29.3 Å². The number of halogens is 2. The first-order valence-corrected chi connectivity index (χ1v) is 27.7. The maximum Gasteiger partial charge on any atom is 0.239 e. The highest BCUT2D eigenvalue weighted by Gasteiger charge is 2.22. The second-order valence-corrected chi connectivity index (χ2v) is 23.0. The SMILES string of the molecule is CC(C)(C)c1ccc(F)c(N=C=S)c1.CC1CCN(CC(=O)Nc2cc(Oc3ccc4c(c3)nc(Nc3cc(C(C)(C)C)ccc3F)n4C)ccn2)CC1.CNc1ccc(Oc2ccnc(NC(=O)CN3CCC(C)CC3)c2)cc1N. The molecule has 0 atom stereocenters. The summed E-state index contributed by atoms with van der Waals surface area (Å²) in [7, 11) is 3.69. The Morgan fingerprint density at radius 1 is 0.679 bits per heavy atom. The van der Waals surface area contributed by atoms with E-state index in [0.29, 0.717) is 70.6 Å². The van der Waals surface area contributed by atoms with Gasteiger partial charge in [-0.15, -0.1) is 0 Å². The van der Waals surface area contributed by atoms with E-state index in [0.717, 1.165) is 86.0 Å². The van der Waals surface area contributed by atoms with Crippen LogP contribution in [0.1, 0.15) is 92.2 Å². The van der Waals surface area contributed by atoms with Gasteiger partial charge in [-0.3, -0.25) is 19.4 Å². The van der Waals surface area contributed by atoms with Crippen molar-refractivity contribution >= 4 is 80.6 Å². The van der Waals surface area contributed by atoms with Gasteiger partial charge in [-0.1, -0.05) is 67.5 Å². The number of ether oxygens (including phenoxy) is 2. The molecular formula is C62H76F2N12O4S. The number of thiocarbonyl (C=S) groups is 1. The van der Waals surface area contributed by atoms with Crippen molar-refractivity contribution in [2.75, 3.05) is 73.3 Å². The maximum absolute atomic E-state index is 14.6. The molecule has 2 fully saturated rings. The molecule has 4 aromatic carbocycles. The summed E-state index contributed by atoms with van der Waals surface area (Å²) in [6, 6.07) is 27.9. The van der Waals surface area contributed by atoms with Crippen LogP contribution in [0.2, 0.25) is 0 Å². The fourth-order valence-electron chi connectivity index (χ4n) is 9.08. The lowest BCUT2D eigenvalue weighted by atomic mass is 9.87. The molecule has 7 aromatic rings. The van der Waals surface area contributed by atoms with Crippen molar-refractivity contribution in [3.8, 4) is 23.0 Å². The molecule has 428 valence electrons. The molecule has 2 aliphatic heterocycles. The number of imidazole rings is 1. The van der Waals surface area contributed by atoms with E-state index in [4.69, 9.17) is 20.2 Å². The number of fused-ring (bicyclic) bond motifs is 1. The van der Waals surface area contributed by atoms with Gasteiger partial charge in [-0.05, 0) is 159 Å². The number of amides is 2. The van der Waals surface area contributed by atoms with Crippen molar-refractivity contribution in [3.05, 3.63) is 132 Å². The number of aromatic nitrogens is 4. The Morgan fingerprint density at radius 2 is 1.17 bits per heavy atom. The van der Waals surface area contributed by atoms with E-state index in [9.17, 15) is 18.4 Å². The third-order valence-corrected chi connectivity index (χ3v) is 14.2. The molecule has 3 aromatic heterocycles. The highest BCUT2D eigenvalue weighted by atomic mass is 32.1. The number of nitrogens with one attached hydrogen (secondary N) is 4. The number of pyridine rings is 2. The van der Waals surface area contributed by atoms with Crippen LogP contribution < -0.4 is 36.5 Å². The van der Waals surface area contributed by atoms with Crippen molar-refractivity contribution in [2.24, 2.45) is 23.9 Å². The molecule has 19 heteroatoms. The number of nitrogens with two attached hydrogens (primary N) is 1. The van der Waals surface area contributed by atoms with Crippen molar-refractivity contribution in [1.29, 1.82) is 0 Å². The van der Waals surface area contributed by atoms with E-state index in [-0.39, 0.29) is 40.0 Å². The van der Waals surface area contributed by atoms with Gasteiger partial charge in [0.25, 0.3) is 0 Å². The molecule has 2 saturated heterocycles. The van der Waals surface area contributed by atoms with Gasteiger partial charge in [0.15, 0.2) is 0 Å². The van der Waals surface area contributed by atoms with Crippen molar-refractivity contribution in [3.63, 3.8) is 0 Å². The lowest BCUT2D eigenvalue weighted by molar-refractivity contribution is -0.118. The highest BCUT2D eigenvalue weighted by Crippen LogP contribution is 2.33. The van der Waals surface area contributed by atoms with Crippen molar-refractivity contribution < 1.29 is 27.8 Å². The smallest absolute Gasteiger partial charge is 0.239 e. The Hall–Kier alpha value is -7.83. The number of aliphatic imine (C=N–C) groups is 1. The second-order valence-electron chi connectivity index (χ2n) is 22.8. The zero-order valence-electron chi connectivity index (χ0n) is 48.1. The molecule has 0 saturated carbocycles. The lowest BCUT2D eigenvalue weighted by Crippen LogP contribution is -2.38. The van der Waals surface area contributed by atoms with Gasteiger partial charge in [0.2, 0.25) is 17.8 Å². The molecule has 16 nitrogen and oxygen atoms in total. The van der Waals surface area contributed by atoms with Gasteiger partial charge in [0.05, 0.1) is 46.3 Å². The first kappa shape index (κ1) is 60.8. The Kier molecular flexibility index (Phi) is 20.7. The van der Waals surface area contributed by atoms with Gasteiger partial charge in [0.1, 0.15) is 52.0 Å². The third kappa shape index (κ3) is 17.8. The summed E-state index contributed by atoms with van der Waals surface area (Å²) in [6.07, 6.45) is 7.74. The number of anilines is 6. The standard InChI is InChI=1S/C31H37FN6O2.C20H27N5O2.C11H12FNS/c1-20-11-14-38(15-12-20)19-29(39)36-28-18-23(10-13-33-28)40-22-7-9-27-26(17-22)35-30(37(27)5)34-25-16-21(31(2,3)4)6-8-24(25)32;1-14-6-9-25(10-7-14)13-20(26)24-19-12-16(5-8-23-19)27-15-3-4-18(22-2)17(21)11-15;1-11(2,3)8-4-5-9(12)10(6-8)13-7-14/h6-10,13,16-18,20H,11-12,14-15,19H2,1-5H3,(H,34,35)(H,33,36,39);3-5,8,11-12,14,22H,6-7,9-10,13,21H2,1-2H3,(H,23,24,26);4-6H,1-3H3. The summed E-state index contributed by atoms with van der Waals surface area (Å²) in [4.78, 5) is 46.0. The topological polar surface area (TPSA) is 189 Å². The zero-order valence-corrected chi connectivity index (χ0v) is 48.9. The lowest BCUT2D eigenvalue weighted by Gasteiger charge is -2.29. The fourth-order valence-corrected chi connectivity index (χ4v) is 9.18. The molecule has 0 radical (unpaired) electrons. The predicted molar refractivity (Wildman–Crippen MR) is 325 cm³/mol. The Bertz CT molecular complexity index is 3340. The molecule has 0 bridgehead atoms. The first-order chi connectivity index (χ1) is 38.5. The average molecular weight is 1120 g/mol.